The van der Waals surface area contributed by atoms with Gasteiger partial charge >= 0.3 is 0 Å². The Labute approximate surface area is 79.5 Å². The molecule has 0 radical (unpaired) electrons. The van der Waals surface area contributed by atoms with Crippen molar-refractivity contribution in [1.82, 2.24) is 0 Å². The predicted octanol–water partition coefficient (Wildman–Crippen LogP) is 1.81. The standard InChI is InChI=1S/C10H7NO3/c12-5-7-1-2-9-8(3-7)4-10(14-9)11-6-13/h1-6H,(H,11,13). The first-order chi connectivity index (χ1) is 6.83. The lowest BCUT2D eigenvalue weighted by Gasteiger charge is -1.88. The van der Waals surface area contributed by atoms with Crippen molar-refractivity contribution in [2.75, 3.05) is 5.32 Å². The van der Waals surface area contributed by atoms with Gasteiger partial charge in [0.1, 0.15) is 11.9 Å². The van der Waals surface area contributed by atoms with Crippen molar-refractivity contribution in [2.24, 2.45) is 0 Å². The van der Waals surface area contributed by atoms with E-state index in [-0.39, 0.29) is 0 Å². The van der Waals surface area contributed by atoms with E-state index in [9.17, 15) is 9.59 Å². The normalized spacial score (nSPS) is 10.0. The molecular weight excluding hydrogens is 182 g/mol. The molecule has 1 amide bonds. The molecule has 70 valence electrons. The number of aldehydes is 1. The first-order valence-corrected chi connectivity index (χ1v) is 4.02. The molecule has 0 aliphatic rings. The zero-order chi connectivity index (χ0) is 9.97. The van der Waals surface area contributed by atoms with E-state index in [0.717, 1.165) is 11.7 Å². The number of furan rings is 1. The van der Waals surface area contributed by atoms with E-state index in [1.807, 2.05) is 0 Å². The van der Waals surface area contributed by atoms with Crippen LogP contribution in [0.4, 0.5) is 5.88 Å². The number of benzene rings is 1. The van der Waals surface area contributed by atoms with Crippen LogP contribution in [0.2, 0.25) is 0 Å². The summed E-state index contributed by atoms with van der Waals surface area (Å²) in [5.74, 6) is 0.373. The molecule has 0 saturated carbocycles. The molecule has 0 aliphatic heterocycles. The van der Waals surface area contributed by atoms with Gasteiger partial charge in [0.25, 0.3) is 0 Å². The van der Waals surface area contributed by atoms with E-state index in [4.69, 9.17) is 4.42 Å². The molecule has 4 heteroatoms. The minimum Gasteiger partial charge on any atom is -0.440 e. The van der Waals surface area contributed by atoms with Gasteiger partial charge in [0.2, 0.25) is 12.3 Å². The van der Waals surface area contributed by atoms with Gasteiger partial charge in [-0.3, -0.25) is 14.9 Å². The molecule has 1 heterocycles. The number of hydrogen-bond acceptors (Lipinski definition) is 3. The maximum Gasteiger partial charge on any atom is 0.213 e. The average molecular weight is 189 g/mol. The maximum absolute atomic E-state index is 10.5. The van der Waals surface area contributed by atoms with Crippen LogP contribution in [0.15, 0.2) is 28.7 Å². The third kappa shape index (κ3) is 1.37. The fraction of sp³-hybridized carbons (Fsp3) is 0. The highest BCUT2D eigenvalue weighted by Gasteiger charge is 2.02. The van der Waals surface area contributed by atoms with Crippen molar-refractivity contribution in [1.29, 1.82) is 0 Å². The fourth-order valence-electron chi connectivity index (χ4n) is 1.26. The number of anilines is 1. The fourth-order valence-corrected chi connectivity index (χ4v) is 1.26. The van der Waals surface area contributed by atoms with Gasteiger partial charge in [-0.05, 0) is 18.2 Å². The van der Waals surface area contributed by atoms with Gasteiger partial charge in [-0.25, -0.2) is 0 Å². The Morgan fingerprint density at radius 2 is 2.07 bits per heavy atom. The molecular formula is C10H7NO3. The third-order valence-corrected chi connectivity index (χ3v) is 1.88. The van der Waals surface area contributed by atoms with Crippen LogP contribution in [0.5, 0.6) is 0 Å². The van der Waals surface area contributed by atoms with E-state index >= 15 is 0 Å². The van der Waals surface area contributed by atoms with E-state index in [2.05, 4.69) is 5.32 Å². The number of rotatable bonds is 3. The van der Waals surface area contributed by atoms with Crippen molar-refractivity contribution in [3.63, 3.8) is 0 Å². The molecule has 0 atom stereocenters. The van der Waals surface area contributed by atoms with Crippen molar-refractivity contribution < 1.29 is 14.0 Å². The van der Waals surface area contributed by atoms with E-state index in [1.165, 1.54) is 0 Å². The molecule has 1 aromatic carbocycles. The largest absolute Gasteiger partial charge is 0.440 e. The molecule has 4 nitrogen and oxygen atoms in total. The summed E-state index contributed by atoms with van der Waals surface area (Å²) in [5.41, 5.74) is 1.22. The van der Waals surface area contributed by atoms with Crippen molar-refractivity contribution in [3.05, 3.63) is 29.8 Å². The highest BCUT2D eigenvalue weighted by Crippen LogP contribution is 2.23. The number of carbonyl (C=O) groups excluding carboxylic acids is 2. The second-order valence-electron chi connectivity index (χ2n) is 2.79. The molecule has 1 N–H and O–H groups in total. The molecule has 1 aromatic heterocycles. The number of amides is 1. The van der Waals surface area contributed by atoms with Gasteiger partial charge in [-0.2, -0.15) is 0 Å². The van der Waals surface area contributed by atoms with Crippen molar-refractivity contribution in [2.45, 2.75) is 0 Å². The summed E-state index contributed by atoms with van der Waals surface area (Å²) >= 11 is 0. The highest BCUT2D eigenvalue weighted by molar-refractivity contribution is 5.89. The SMILES string of the molecule is O=CNc1cc2cc(C=O)ccc2o1. The molecule has 14 heavy (non-hydrogen) atoms. The monoisotopic (exact) mass is 189 g/mol. The summed E-state index contributed by atoms with van der Waals surface area (Å²) in [6.45, 7) is 0. The topological polar surface area (TPSA) is 59.3 Å². The quantitative estimate of drug-likeness (QED) is 0.749. The summed E-state index contributed by atoms with van der Waals surface area (Å²) < 4.78 is 5.25. The Bertz CT molecular complexity index is 487. The Balaban J connectivity index is 2.53. The lowest BCUT2D eigenvalue weighted by Crippen LogP contribution is -1.89. The molecule has 2 aromatic rings. The minimum absolute atomic E-state index is 0.373. The molecule has 0 aliphatic carbocycles. The van der Waals surface area contributed by atoms with Crippen LogP contribution >= 0.6 is 0 Å². The smallest absolute Gasteiger partial charge is 0.213 e. The molecule has 0 unspecified atom stereocenters. The average Bonchev–Trinajstić information content (AvgIpc) is 2.59. The van der Waals surface area contributed by atoms with Crippen LogP contribution < -0.4 is 5.32 Å². The maximum atomic E-state index is 10.5. The zero-order valence-electron chi connectivity index (χ0n) is 7.19. The van der Waals surface area contributed by atoms with Crippen LogP contribution in [-0.2, 0) is 4.79 Å². The first-order valence-electron chi connectivity index (χ1n) is 4.02. The molecule has 2 rings (SSSR count). The number of fused-ring (bicyclic) bond motifs is 1. The third-order valence-electron chi connectivity index (χ3n) is 1.88. The van der Waals surface area contributed by atoms with E-state index < -0.39 is 0 Å². The second kappa shape index (κ2) is 3.33. The van der Waals surface area contributed by atoms with Gasteiger partial charge in [-0.1, -0.05) is 0 Å². The van der Waals surface area contributed by atoms with Gasteiger partial charge in [0.15, 0.2) is 0 Å². The number of carbonyl (C=O) groups is 2. The van der Waals surface area contributed by atoms with Gasteiger partial charge in [-0.15, -0.1) is 0 Å². The van der Waals surface area contributed by atoms with Crippen LogP contribution in [-0.4, -0.2) is 12.7 Å². The van der Waals surface area contributed by atoms with Crippen LogP contribution in [0.25, 0.3) is 11.0 Å². The molecule has 0 saturated heterocycles. The Hall–Kier alpha value is -2.10. The Kier molecular flexibility index (Phi) is 2.02. The van der Waals surface area contributed by atoms with Crippen molar-refractivity contribution in [3.8, 4) is 0 Å². The summed E-state index contributed by atoms with van der Waals surface area (Å²) in [6.07, 6.45) is 1.30. The van der Waals surface area contributed by atoms with E-state index in [1.54, 1.807) is 24.3 Å². The molecule has 0 fully saturated rings. The van der Waals surface area contributed by atoms with Crippen LogP contribution in [0, 0.1) is 0 Å². The predicted molar refractivity (Wildman–Crippen MR) is 51.3 cm³/mol. The van der Waals surface area contributed by atoms with Gasteiger partial charge in [0.05, 0.1) is 0 Å². The van der Waals surface area contributed by atoms with Gasteiger partial charge in [0, 0.05) is 17.0 Å². The van der Waals surface area contributed by atoms with Gasteiger partial charge < -0.3 is 4.42 Å². The van der Waals surface area contributed by atoms with E-state index in [0.29, 0.717) is 23.4 Å². The van der Waals surface area contributed by atoms with Crippen LogP contribution in [0.3, 0.4) is 0 Å². The van der Waals surface area contributed by atoms with Crippen LogP contribution in [0.1, 0.15) is 10.4 Å². The lowest BCUT2D eigenvalue weighted by atomic mass is 10.2. The summed E-state index contributed by atoms with van der Waals surface area (Å²) in [6, 6.07) is 6.71. The number of nitrogens with one attached hydrogen (secondary N) is 1. The molecule has 0 spiro atoms. The Morgan fingerprint density at radius 3 is 2.79 bits per heavy atom. The number of hydrogen-bond donors (Lipinski definition) is 1. The van der Waals surface area contributed by atoms with Crippen molar-refractivity contribution >= 4 is 29.5 Å². The summed E-state index contributed by atoms with van der Waals surface area (Å²) in [4.78, 5) is 20.6. The zero-order valence-corrected chi connectivity index (χ0v) is 7.19. The highest BCUT2D eigenvalue weighted by atomic mass is 16.4. The summed E-state index contributed by atoms with van der Waals surface area (Å²) in [7, 11) is 0. The minimum atomic E-state index is 0.373. The Morgan fingerprint density at radius 1 is 1.21 bits per heavy atom. The molecule has 0 bridgehead atoms. The second-order valence-corrected chi connectivity index (χ2v) is 2.79. The first kappa shape index (κ1) is 8.50. The lowest BCUT2D eigenvalue weighted by molar-refractivity contribution is -0.105. The summed E-state index contributed by atoms with van der Waals surface area (Å²) in [5, 5.41) is 3.19.